The third-order valence-corrected chi connectivity index (χ3v) is 1.46. The van der Waals surface area contributed by atoms with E-state index in [-0.39, 0.29) is 6.04 Å². The SMILES string of the molecule is C#CCC(N)c1ccc(C)o1. The van der Waals surface area contributed by atoms with E-state index >= 15 is 0 Å². The molecule has 0 radical (unpaired) electrons. The van der Waals surface area contributed by atoms with E-state index in [2.05, 4.69) is 5.92 Å². The van der Waals surface area contributed by atoms with Gasteiger partial charge in [0, 0.05) is 6.42 Å². The molecule has 1 aromatic rings. The first-order valence-corrected chi connectivity index (χ1v) is 3.49. The van der Waals surface area contributed by atoms with Crippen molar-refractivity contribution in [3.63, 3.8) is 0 Å². The number of hydrogen-bond acceptors (Lipinski definition) is 2. The molecule has 0 aliphatic heterocycles. The van der Waals surface area contributed by atoms with E-state index in [1.807, 2.05) is 19.1 Å². The first-order chi connectivity index (χ1) is 5.24. The lowest BCUT2D eigenvalue weighted by Gasteiger charge is -2.02. The predicted octanol–water partition coefficient (Wildman–Crippen LogP) is 1.61. The number of furan rings is 1. The quantitative estimate of drug-likeness (QED) is 0.649. The monoisotopic (exact) mass is 149 g/mol. The maximum absolute atomic E-state index is 5.68. The molecule has 2 heteroatoms. The van der Waals surface area contributed by atoms with Gasteiger partial charge in [0.2, 0.25) is 0 Å². The van der Waals surface area contributed by atoms with Crippen LogP contribution in [0.1, 0.15) is 24.0 Å². The molecule has 2 N–H and O–H groups in total. The van der Waals surface area contributed by atoms with Crippen LogP contribution in [0.15, 0.2) is 16.5 Å². The molecular weight excluding hydrogens is 138 g/mol. The molecule has 0 aliphatic carbocycles. The molecule has 1 aromatic heterocycles. The summed E-state index contributed by atoms with van der Waals surface area (Å²) in [6, 6.07) is 3.58. The molecule has 1 unspecified atom stereocenters. The van der Waals surface area contributed by atoms with Crippen LogP contribution in [0.4, 0.5) is 0 Å². The number of aryl methyl sites for hydroxylation is 1. The lowest BCUT2D eigenvalue weighted by molar-refractivity contribution is 0.449. The molecular formula is C9H11NO. The highest BCUT2D eigenvalue weighted by molar-refractivity contribution is 5.11. The van der Waals surface area contributed by atoms with Crippen molar-refractivity contribution in [3.8, 4) is 12.3 Å². The minimum absolute atomic E-state index is 0.159. The Hall–Kier alpha value is -1.20. The molecule has 0 amide bonds. The summed E-state index contributed by atoms with van der Waals surface area (Å²) in [5, 5.41) is 0. The lowest BCUT2D eigenvalue weighted by Crippen LogP contribution is -2.07. The Kier molecular flexibility index (Phi) is 2.35. The lowest BCUT2D eigenvalue weighted by atomic mass is 10.2. The van der Waals surface area contributed by atoms with Crippen molar-refractivity contribution in [3.05, 3.63) is 23.7 Å². The van der Waals surface area contributed by atoms with Crippen molar-refractivity contribution in [2.75, 3.05) is 0 Å². The summed E-state index contributed by atoms with van der Waals surface area (Å²) in [5.41, 5.74) is 5.68. The fourth-order valence-corrected chi connectivity index (χ4v) is 0.880. The molecule has 2 nitrogen and oxygen atoms in total. The summed E-state index contributed by atoms with van der Waals surface area (Å²) in [4.78, 5) is 0. The van der Waals surface area contributed by atoms with Crippen LogP contribution in [-0.2, 0) is 0 Å². The highest BCUT2D eigenvalue weighted by atomic mass is 16.3. The second kappa shape index (κ2) is 3.27. The van der Waals surface area contributed by atoms with Crippen molar-refractivity contribution in [2.24, 2.45) is 5.73 Å². The normalized spacial score (nSPS) is 12.5. The Balaban J connectivity index is 2.70. The van der Waals surface area contributed by atoms with Gasteiger partial charge in [0.05, 0.1) is 6.04 Å². The Morgan fingerprint density at radius 1 is 1.73 bits per heavy atom. The maximum atomic E-state index is 5.68. The van der Waals surface area contributed by atoms with E-state index in [1.165, 1.54) is 0 Å². The summed E-state index contributed by atoms with van der Waals surface area (Å²) in [5.74, 6) is 4.12. The van der Waals surface area contributed by atoms with Gasteiger partial charge in [0.25, 0.3) is 0 Å². The zero-order valence-electron chi connectivity index (χ0n) is 6.50. The van der Waals surface area contributed by atoms with Gasteiger partial charge in [0.15, 0.2) is 0 Å². The van der Waals surface area contributed by atoms with Crippen LogP contribution >= 0.6 is 0 Å². The fourth-order valence-electron chi connectivity index (χ4n) is 0.880. The Bertz CT molecular complexity index is 269. The average molecular weight is 149 g/mol. The summed E-state index contributed by atoms with van der Waals surface area (Å²) in [7, 11) is 0. The smallest absolute Gasteiger partial charge is 0.121 e. The molecule has 0 aliphatic rings. The van der Waals surface area contributed by atoms with Gasteiger partial charge in [-0.15, -0.1) is 12.3 Å². The summed E-state index contributed by atoms with van der Waals surface area (Å²) in [6.45, 7) is 1.88. The zero-order valence-corrected chi connectivity index (χ0v) is 6.50. The Morgan fingerprint density at radius 3 is 2.91 bits per heavy atom. The number of terminal acetylenes is 1. The van der Waals surface area contributed by atoms with E-state index < -0.39 is 0 Å². The van der Waals surface area contributed by atoms with Gasteiger partial charge in [-0.05, 0) is 19.1 Å². The van der Waals surface area contributed by atoms with Crippen molar-refractivity contribution in [1.29, 1.82) is 0 Å². The van der Waals surface area contributed by atoms with Crippen molar-refractivity contribution < 1.29 is 4.42 Å². The zero-order chi connectivity index (χ0) is 8.27. The number of rotatable bonds is 2. The van der Waals surface area contributed by atoms with Gasteiger partial charge in [0.1, 0.15) is 11.5 Å². The van der Waals surface area contributed by atoms with Crippen molar-refractivity contribution in [1.82, 2.24) is 0 Å². The second-order valence-electron chi connectivity index (χ2n) is 2.46. The van der Waals surface area contributed by atoms with Gasteiger partial charge in [-0.25, -0.2) is 0 Å². The standard InChI is InChI=1S/C9H11NO/c1-3-4-8(10)9-6-5-7(2)11-9/h1,5-6,8H,4,10H2,2H3. The molecule has 0 saturated carbocycles. The van der Waals surface area contributed by atoms with E-state index in [4.69, 9.17) is 16.6 Å². The average Bonchev–Trinajstić information content (AvgIpc) is 2.36. The number of hydrogen-bond donors (Lipinski definition) is 1. The van der Waals surface area contributed by atoms with Gasteiger partial charge in [-0.1, -0.05) is 0 Å². The van der Waals surface area contributed by atoms with Gasteiger partial charge < -0.3 is 10.2 Å². The third-order valence-electron chi connectivity index (χ3n) is 1.46. The molecule has 0 bridgehead atoms. The fraction of sp³-hybridized carbons (Fsp3) is 0.333. The first kappa shape index (κ1) is 7.90. The van der Waals surface area contributed by atoms with Crippen LogP contribution in [0.3, 0.4) is 0 Å². The maximum Gasteiger partial charge on any atom is 0.121 e. The molecule has 1 rings (SSSR count). The van der Waals surface area contributed by atoms with Crippen molar-refractivity contribution in [2.45, 2.75) is 19.4 Å². The number of nitrogens with two attached hydrogens (primary N) is 1. The van der Waals surface area contributed by atoms with E-state index in [0.29, 0.717) is 6.42 Å². The van der Waals surface area contributed by atoms with Crippen molar-refractivity contribution >= 4 is 0 Å². The summed E-state index contributed by atoms with van der Waals surface area (Å²) >= 11 is 0. The van der Waals surface area contributed by atoms with Crippen LogP contribution in [-0.4, -0.2) is 0 Å². The Labute approximate surface area is 66.4 Å². The van der Waals surface area contributed by atoms with E-state index in [9.17, 15) is 0 Å². The third kappa shape index (κ3) is 1.86. The minimum Gasteiger partial charge on any atom is -0.465 e. The second-order valence-corrected chi connectivity index (χ2v) is 2.46. The minimum atomic E-state index is -0.159. The molecule has 58 valence electrons. The highest BCUT2D eigenvalue weighted by Crippen LogP contribution is 2.15. The van der Waals surface area contributed by atoms with E-state index in [0.717, 1.165) is 11.5 Å². The molecule has 0 fully saturated rings. The van der Waals surface area contributed by atoms with Crippen LogP contribution in [0.2, 0.25) is 0 Å². The van der Waals surface area contributed by atoms with Gasteiger partial charge >= 0.3 is 0 Å². The Morgan fingerprint density at radius 2 is 2.45 bits per heavy atom. The molecule has 1 heterocycles. The van der Waals surface area contributed by atoms with Crippen LogP contribution < -0.4 is 5.73 Å². The molecule has 1 atom stereocenters. The van der Waals surface area contributed by atoms with Crippen LogP contribution in [0.5, 0.6) is 0 Å². The topological polar surface area (TPSA) is 39.2 Å². The predicted molar refractivity (Wildman–Crippen MR) is 43.8 cm³/mol. The molecule has 0 saturated heterocycles. The summed E-state index contributed by atoms with van der Waals surface area (Å²) < 4.78 is 5.28. The molecule has 11 heavy (non-hydrogen) atoms. The molecule has 0 aromatic carbocycles. The summed E-state index contributed by atoms with van der Waals surface area (Å²) in [6.07, 6.45) is 5.62. The largest absolute Gasteiger partial charge is 0.465 e. The highest BCUT2D eigenvalue weighted by Gasteiger charge is 2.07. The van der Waals surface area contributed by atoms with Crippen LogP contribution in [0, 0.1) is 19.3 Å². The van der Waals surface area contributed by atoms with Gasteiger partial charge in [-0.3, -0.25) is 0 Å². The first-order valence-electron chi connectivity index (χ1n) is 3.49. The molecule has 0 spiro atoms. The van der Waals surface area contributed by atoms with E-state index in [1.54, 1.807) is 0 Å². The van der Waals surface area contributed by atoms with Crippen LogP contribution in [0.25, 0.3) is 0 Å². The van der Waals surface area contributed by atoms with Gasteiger partial charge in [-0.2, -0.15) is 0 Å².